The molecule has 0 spiro atoms. The van der Waals surface area contributed by atoms with Gasteiger partial charge in [-0.1, -0.05) is 19.3 Å². The monoisotopic (exact) mass is 276 g/mol. The van der Waals surface area contributed by atoms with Gasteiger partial charge in [-0.15, -0.1) is 0 Å². The van der Waals surface area contributed by atoms with Gasteiger partial charge in [-0.25, -0.2) is 0 Å². The van der Waals surface area contributed by atoms with Crippen LogP contribution in [-0.2, 0) is 13.6 Å². The zero-order valence-electron chi connectivity index (χ0n) is 12.9. The molecule has 20 heavy (non-hydrogen) atoms. The number of hydrogen-bond donors (Lipinski definition) is 1. The van der Waals surface area contributed by atoms with E-state index < -0.39 is 0 Å². The molecule has 0 aromatic carbocycles. The molecule has 1 aliphatic heterocycles. The quantitative estimate of drug-likeness (QED) is 0.918. The highest BCUT2D eigenvalue weighted by atomic mass is 15.3. The molecule has 4 nitrogen and oxygen atoms in total. The van der Waals surface area contributed by atoms with Crippen LogP contribution in [-0.4, -0.2) is 39.9 Å². The summed E-state index contributed by atoms with van der Waals surface area (Å²) in [5, 5.41) is 8.00. The SMILES string of the molecule is CC1CN(Cc2cnn(C)c2)C(C2CCCCC2)CN1. The highest BCUT2D eigenvalue weighted by molar-refractivity contribution is 5.05. The Kier molecular flexibility index (Phi) is 4.41. The van der Waals surface area contributed by atoms with Gasteiger partial charge >= 0.3 is 0 Å². The van der Waals surface area contributed by atoms with E-state index in [0.29, 0.717) is 12.1 Å². The predicted octanol–water partition coefficient (Wildman–Crippen LogP) is 2.16. The fraction of sp³-hybridized carbons (Fsp3) is 0.812. The summed E-state index contributed by atoms with van der Waals surface area (Å²) in [5.41, 5.74) is 1.35. The molecule has 1 saturated carbocycles. The second-order valence-corrected chi connectivity index (χ2v) is 6.73. The van der Waals surface area contributed by atoms with Crippen molar-refractivity contribution in [3.8, 4) is 0 Å². The predicted molar refractivity (Wildman–Crippen MR) is 81.4 cm³/mol. The molecule has 3 rings (SSSR count). The Morgan fingerprint density at radius 3 is 2.80 bits per heavy atom. The first-order chi connectivity index (χ1) is 9.72. The summed E-state index contributed by atoms with van der Waals surface area (Å²) in [4.78, 5) is 2.70. The summed E-state index contributed by atoms with van der Waals surface area (Å²) in [6, 6.07) is 1.32. The molecule has 0 bridgehead atoms. The van der Waals surface area contributed by atoms with Crippen molar-refractivity contribution in [1.82, 2.24) is 20.0 Å². The lowest BCUT2D eigenvalue weighted by atomic mass is 9.82. The topological polar surface area (TPSA) is 33.1 Å². The van der Waals surface area contributed by atoms with Gasteiger partial charge in [-0.3, -0.25) is 9.58 Å². The molecule has 1 N–H and O–H groups in total. The van der Waals surface area contributed by atoms with Gasteiger partial charge < -0.3 is 5.32 Å². The normalized spacial score (nSPS) is 29.7. The van der Waals surface area contributed by atoms with E-state index in [4.69, 9.17) is 0 Å². The molecule has 2 aliphatic rings. The van der Waals surface area contributed by atoms with Crippen LogP contribution in [0.3, 0.4) is 0 Å². The number of hydrogen-bond acceptors (Lipinski definition) is 3. The average molecular weight is 276 g/mol. The lowest BCUT2D eigenvalue weighted by Gasteiger charge is -2.44. The third-order valence-electron chi connectivity index (χ3n) is 4.99. The van der Waals surface area contributed by atoms with Crippen molar-refractivity contribution in [1.29, 1.82) is 0 Å². The van der Waals surface area contributed by atoms with Crippen LogP contribution in [0, 0.1) is 5.92 Å². The van der Waals surface area contributed by atoms with Gasteiger partial charge in [-0.05, 0) is 25.7 Å². The maximum absolute atomic E-state index is 4.31. The maximum atomic E-state index is 4.31. The van der Waals surface area contributed by atoms with Gasteiger partial charge in [0.2, 0.25) is 0 Å². The zero-order chi connectivity index (χ0) is 13.9. The van der Waals surface area contributed by atoms with Gasteiger partial charge in [0.15, 0.2) is 0 Å². The highest BCUT2D eigenvalue weighted by Crippen LogP contribution is 2.30. The van der Waals surface area contributed by atoms with Gasteiger partial charge in [-0.2, -0.15) is 5.10 Å². The Bertz CT molecular complexity index is 422. The van der Waals surface area contributed by atoms with Crippen LogP contribution in [0.1, 0.15) is 44.6 Å². The van der Waals surface area contributed by atoms with Crippen molar-refractivity contribution in [3.63, 3.8) is 0 Å². The van der Waals surface area contributed by atoms with E-state index in [1.165, 1.54) is 37.7 Å². The molecule has 4 heteroatoms. The minimum atomic E-state index is 0.603. The van der Waals surface area contributed by atoms with Crippen LogP contribution in [0.5, 0.6) is 0 Å². The summed E-state index contributed by atoms with van der Waals surface area (Å²) in [6.07, 6.45) is 11.3. The molecule has 1 aromatic rings. The van der Waals surface area contributed by atoms with E-state index in [9.17, 15) is 0 Å². The lowest BCUT2D eigenvalue weighted by molar-refractivity contribution is 0.0689. The van der Waals surface area contributed by atoms with Crippen LogP contribution < -0.4 is 5.32 Å². The van der Waals surface area contributed by atoms with Crippen LogP contribution >= 0.6 is 0 Å². The first-order valence-electron chi connectivity index (χ1n) is 8.17. The summed E-state index contributed by atoms with van der Waals surface area (Å²) in [5.74, 6) is 0.889. The number of nitrogens with one attached hydrogen (secondary N) is 1. The molecule has 1 aromatic heterocycles. The van der Waals surface area contributed by atoms with Crippen LogP contribution in [0.4, 0.5) is 0 Å². The third kappa shape index (κ3) is 3.23. The summed E-state index contributed by atoms with van der Waals surface area (Å²) < 4.78 is 1.91. The molecule has 112 valence electrons. The van der Waals surface area contributed by atoms with Gasteiger partial charge in [0.05, 0.1) is 6.20 Å². The number of aromatic nitrogens is 2. The smallest absolute Gasteiger partial charge is 0.0534 e. The molecule has 2 unspecified atom stereocenters. The summed E-state index contributed by atoms with van der Waals surface area (Å²) in [6.45, 7) is 5.68. The molecule has 0 radical (unpaired) electrons. The van der Waals surface area contributed by atoms with Gasteiger partial charge in [0, 0.05) is 50.5 Å². The van der Waals surface area contributed by atoms with Crippen molar-refractivity contribution in [3.05, 3.63) is 18.0 Å². The zero-order valence-corrected chi connectivity index (χ0v) is 12.9. The van der Waals surface area contributed by atoms with Crippen LogP contribution in [0.25, 0.3) is 0 Å². The summed E-state index contributed by atoms with van der Waals surface area (Å²) >= 11 is 0. The largest absolute Gasteiger partial charge is 0.311 e. The Morgan fingerprint density at radius 2 is 2.10 bits per heavy atom. The second kappa shape index (κ2) is 6.27. The standard InChI is InChI=1S/C16H28N4/c1-13-10-20(12-14-8-18-19(2)11-14)16(9-17-13)15-6-4-3-5-7-15/h8,11,13,15-17H,3-7,9-10,12H2,1-2H3. The van der Waals surface area contributed by atoms with Gasteiger partial charge in [0.25, 0.3) is 0 Å². The van der Waals surface area contributed by atoms with Gasteiger partial charge in [0.1, 0.15) is 0 Å². The van der Waals surface area contributed by atoms with Crippen LogP contribution in [0.2, 0.25) is 0 Å². The average Bonchev–Trinajstić information content (AvgIpc) is 2.85. The minimum Gasteiger partial charge on any atom is -0.311 e. The highest BCUT2D eigenvalue weighted by Gasteiger charge is 2.32. The number of aryl methyl sites for hydroxylation is 1. The lowest BCUT2D eigenvalue weighted by Crippen LogP contribution is -2.57. The Morgan fingerprint density at radius 1 is 1.30 bits per heavy atom. The van der Waals surface area contributed by atoms with E-state index >= 15 is 0 Å². The molecule has 2 heterocycles. The van der Waals surface area contributed by atoms with E-state index in [2.05, 4.69) is 28.4 Å². The van der Waals surface area contributed by atoms with Crippen molar-refractivity contribution in [2.45, 2.75) is 57.7 Å². The molecular weight excluding hydrogens is 248 g/mol. The fourth-order valence-electron chi connectivity index (χ4n) is 3.96. The van der Waals surface area contributed by atoms with E-state index in [-0.39, 0.29) is 0 Å². The third-order valence-corrected chi connectivity index (χ3v) is 4.99. The Hall–Kier alpha value is -0.870. The fourth-order valence-corrected chi connectivity index (χ4v) is 3.96. The van der Waals surface area contributed by atoms with E-state index in [1.807, 2.05) is 17.9 Å². The second-order valence-electron chi connectivity index (χ2n) is 6.73. The molecular formula is C16H28N4. The Balaban J connectivity index is 1.69. The molecule has 1 aliphatic carbocycles. The minimum absolute atomic E-state index is 0.603. The van der Waals surface area contributed by atoms with Crippen molar-refractivity contribution >= 4 is 0 Å². The van der Waals surface area contributed by atoms with Crippen molar-refractivity contribution in [2.24, 2.45) is 13.0 Å². The summed E-state index contributed by atoms with van der Waals surface area (Å²) in [7, 11) is 2.00. The molecule has 2 atom stereocenters. The number of nitrogens with zero attached hydrogens (tertiary/aromatic N) is 3. The maximum Gasteiger partial charge on any atom is 0.0534 e. The number of piperazine rings is 1. The number of rotatable bonds is 3. The molecule has 2 fully saturated rings. The van der Waals surface area contributed by atoms with Crippen molar-refractivity contribution in [2.75, 3.05) is 13.1 Å². The Labute approximate surface area is 122 Å². The van der Waals surface area contributed by atoms with Crippen LogP contribution in [0.15, 0.2) is 12.4 Å². The van der Waals surface area contributed by atoms with E-state index in [1.54, 1.807) is 0 Å². The molecule has 1 saturated heterocycles. The first kappa shape index (κ1) is 14.1. The molecule has 0 amide bonds. The van der Waals surface area contributed by atoms with E-state index in [0.717, 1.165) is 25.6 Å². The van der Waals surface area contributed by atoms with Crippen molar-refractivity contribution < 1.29 is 0 Å². The first-order valence-corrected chi connectivity index (χ1v) is 8.17.